The van der Waals surface area contributed by atoms with Crippen LogP contribution in [-0.2, 0) is 4.79 Å². The summed E-state index contributed by atoms with van der Waals surface area (Å²) in [5, 5.41) is 3.27. The number of benzene rings is 2. The van der Waals surface area contributed by atoms with Crippen molar-refractivity contribution >= 4 is 29.1 Å². The molecule has 2 aromatic carbocycles. The van der Waals surface area contributed by atoms with E-state index < -0.39 is 0 Å². The molecule has 108 valence electrons. The van der Waals surface area contributed by atoms with E-state index in [4.69, 9.17) is 17.3 Å². The van der Waals surface area contributed by atoms with Crippen LogP contribution in [0.5, 0.6) is 0 Å². The van der Waals surface area contributed by atoms with Crippen LogP contribution in [0.15, 0.2) is 48.5 Å². The van der Waals surface area contributed by atoms with Crippen molar-refractivity contribution in [3.63, 3.8) is 0 Å². The average molecular weight is 303 g/mol. The van der Waals surface area contributed by atoms with E-state index in [9.17, 15) is 9.59 Å². The Balaban J connectivity index is 2.10. The average Bonchev–Trinajstić information content (AvgIpc) is 2.47. The highest BCUT2D eigenvalue weighted by Crippen LogP contribution is 2.18. The summed E-state index contributed by atoms with van der Waals surface area (Å²) in [6.07, 6.45) is 0. The van der Waals surface area contributed by atoms with Crippen LogP contribution in [0.2, 0.25) is 5.02 Å². The molecular formula is C16H15ClN2O2. The molecule has 2 amide bonds. The number of hydrogen-bond donors (Lipinski definition) is 2. The van der Waals surface area contributed by atoms with Crippen LogP contribution in [0.3, 0.4) is 0 Å². The Morgan fingerprint density at radius 2 is 1.81 bits per heavy atom. The third kappa shape index (κ3) is 3.83. The van der Waals surface area contributed by atoms with Crippen molar-refractivity contribution in [2.75, 3.05) is 5.32 Å². The minimum atomic E-state index is -0.384. The molecule has 21 heavy (non-hydrogen) atoms. The number of rotatable bonds is 4. The first-order chi connectivity index (χ1) is 9.97. The van der Waals surface area contributed by atoms with Gasteiger partial charge in [0, 0.05) is 16.3 Å². The molecule has 2 rings (SSSR count). The summed E-state index contributed by atoms with van der Waals surface area (Å²) in [5.74, 6) is -0.985. The third-order valence-corrected chi connectivity index (χ3v) is 3.42. The molecule has 5 heteroatoms. The summed E-state index contributed by atoms with van der Waals surface area (Å²) < 4.78 is 0. The largest absolute Gasteiger partial charge is 0.369 e. The maximum absolute atomic E-state index is 12.0. The smallest absolute Gasteiger partial charge is 0.255 e. The number of carbonyl (C=O) groups is 2. The first-order valence-corrected chi connectivity index (χ1v) is 6.81. The Labute approximate surface area is 127 Å². The Bertz CT molecular complexity index is 668. The molecule has 0 saturated carbocycles. The zero-order valence-corrected chi connectivity index (χ0v) is 12.2. The molecule has 0 radical (unpaired) electrons. The molecule has 0 aliphatic carbocycles. The highest BCUT2D eigenvalue weighted by atomic mass is 35.5. The van der Waals surface area contributed by atoms with Crippen LogP contribution < -0.4 is 11.1 Å². The van der Waals surface area contributed by atoms with E-state index in [0.29, 0.717) is 16.3 Å². The first kappa shape index (κ1) is 15.1. The zero-order valence-electron chi connectivity index (χ0n) is 11.5. The monoisotopic (exact) mass is 302 g/mol. The third-order valence-electron chi connectivity index (χ3n) is 3.18. The normalized spacial score (nSPS) is 11.7. The zero-order chi connectivity index (χ0) is 15.4. The Morgan fingerprint density at radius 3 is 2.38 bits per heavy atom. The molecule has 0 bridgehead atoms. The summed E-state index contributed by atoms with van der Waals surface area (Å²) >= 11 is 5.85. The molecule has 0 spiro atoms. The second-order valence-electron chi connectivity index (χ2n) is 4.71. The van der Waals surface area contributed by atoms with E-state index in [1.54, 1.807) is 55.5 Å². The fourth-order valence-electron chi connectivity index (χ4n) is 1.85. The van der Waals surface area contributed by atoms with E-state index in [-0.39, 0.29) is 17.7 Å². The van der Waals surface area contributed by atoms with Crippen LogP contribution in [0.4, 0.5) is 5.69 Å². The predicted molar refractivity (Wildman–Crippen MR) is 83.5 cm³/mol. The molecule has 4 nitrogen and oxygen atoms in total. The van der Waals surface area contributed by atoms with E-state index in [1.165, 1.54) is 0 Å². The SMILES string of the molecule is CC(C(N)=O)c1ccc(NC(=O)c2cccc(Cl)c2)cc1. The molecule has 0 aliphatic rings. The summed E-state index contributed by atoms with van der Waals surface area (Å²) in [6.45, 7) is 1.74. The molecule has 0 heterocycles. The van der Waals surface area contributed by atoms with Gasteiger partial charge in [-0.2, -0.15) is 0 Å². The lowest BCUT2D eigenvalue weighted by Gasteiger charge is -2.09. The fourth-order valence-corrected chi connectivity index (χ4v) is 2.04. The van der Waals surface area contributed by atoms with Gasteiger partial charge in [0.05, 0.1) is 5.92 Å². The number of halogens is 1. The van der Waals surface area contributed by atoms with Crippen molar-refractivity contribution in [2.45, 2.75) is 12.8 Å². The van der Waals surface area contributed by atoms with Crippen molar-refractivity contribution in [1.29, 1.82) is 0 Å². The number of anilines is 1. The highest BCUT2D eigenvalue weighted by Gasteiger charge is 2.12. The molecule has 1 unspecified atom stereocenters. The van der Waals surface area contributed by atoms with E-state index >= 15 is 0 Å². The van der Waals surface area contributed by atoms with Gasteiger partial charge in [-0.05, 0) is 42.8 Å². The first-order valence-electron chi connectivity index (χ1n) is 6.43. The lowest BCUT2D eigenvalue weighted by molar-refractivity contribution is -0.119. The summed E-state index contributed by atoms with van der Waals surface area (Å²) in [7, 11) is 0. The predicted octanol–water partition coefficient (Wildman–Crippen LogP) is 3.18. The Kier molecular flexibility index (Phi) is 4.60. The second-order valence-corrected chi connectivity index (χ2v) is 5.15. The minimum absolute atomic E-state index is 0.242. The number of hydrogen-bond acceptors (Lipinski definition) is 2. The Morgan fingerprint density at radius 1 is 1.14 bits per heavy atom. The van der Waals surface area contributed by atoms with Crippen molar-refractivity contribution in [3.05, 3.63) is 64.7 Å². The minimum Gasteiger partial charge on any atom is -0.369 e. The van der Waals surface area contributed by atoms with Crippen LogP contribution >= 0.6 is 11.6 Å². The van der Waals surface area contributed by atoms with Gasteiger partial charge in [-0.1, -0.05) is 29.8 Å². The molecule has 2 aromatic rings. The maximum atomic E-state index is 12.0. The van der Waals surface area contributed by atoms with Gasteiger partial charge in [-0.3, -0.25) is 9.59 Å². The maximum Gasteiger partial charge on any atom is 0.255 e. The molecule has 0 saturated heterocycles. The summed E-state index contributed by atoms with van der Waals surface area (Å²) in [4.78, 5) is 23.2. The topological polar surface area (TPSA) is 72.2 Å². The van der Waals surface area contributed by atoms with E-state index in [2.05, 4.69) is 5.32 Å². The van der Waals surface area contributed by atoms with Gasteiger partial charge < -0.3 is 11.1 Å². The standard InChI is InChI=1S/C16H15ClN2O2/c1-10(15(18)20)11-5-7-14(8-6-11)19-16(21)12-3-2-4-13(17)9-12/h2-10H,1H3,(H2,18,20)(H,19,21). The van der Waals surface area contributed by atoms with Gasteiger partial charge >= 0.3 is 0 Å². The van der Waals surface area contributed by atoms with Crippen molar-refractivity contribution in [2.24, 2.45) is 5.73 Å². The molecule has 1 atom stereocenters. The fraction of sp³-hybridized carbons (Fsp3) is 0.125. The summed E-state index contributed by atoms with van der Waals surface area (Å²) in [6, 6.07) is 13.7. The van der Waals surface area contributed by atoms with Gasteiger partial charge in [-0.25, -0.2) is 0 Å². The number of primary amides is 1. The quantitative estimate of drug-likeness (QED) is 0.910. The van der Waals surface area contributed by atoms with Gasteiger partial charge in [0.2, 0.25) is 5.91 Å². The Hall–Kier alpha value is -2.33. The van der Waals surface area contributed by atoms with E-state index in [1.807, 2.05) is 0 Å². The number of amides is 2. The lowest BCUT2D eigenvalue weighted by Crippen LogP contribution is -2.18. The van der Waals surface area contributed by atoms with Crippen LogP contribution in [0.25, 0.3) is 0 Å². The highest BCUT2D eigenvalue weighted by molar-refractivity contribution is 6.31. The van der Waals surface area contributed by atoms with Crippen LogP contribution in [-0.4, -0.2) is 11.8 Å². The van der Waals surface area contributed by atoms with Gasteiger partial charge in [0.25, 0.3) is 5.91 Å². The molecule has 3 N–H and O–H groups in total. The molecular weight excluding hydrogens is 288 g/mol. The van der Waals surface area contributed by atoms with Crippen LogP contribution in [0.1, 0.15) is 28.8 Å². The van der Waals surface area contributed by atoms with Crippen molar-refractivity contribution in [3.8, 4) is 0 Å². The molecule has 0 fully saturated rings. The number of nitrogens with two attached hydrogens (primary N) is 1. The van der Waals surface area contributed by atoms with Gasteiger partial charge in [-0.15, -0.1) is 0 Å². The van der Waals surface area contributed by atoms with Crippen LogP contribution in [0, 0.1) is 0 Å². The summed E-state index contributed by atoms with van der Waals surface area (Å²) in [5.41, 5.74) is 7.19. The molecule has 0 aromatic heterocycles. The number of nitrogens with one attached hydrogen (secondary N) is 1. The lowest BCUT2D eigenvalue weighted by atomic mass is 10.0. The van der Waals surface area contributed by atoms with Gasteiger partial charge in [0.15, 0.2) is 0 Å². The number of carbonyl (C=O) groups excluding carboxylic acids is 2. The van der Waals surface area contributed by atoms with E-state index in [0.717, 1.165) is 5.56 Å². The van der Waals surface area contributed by atoms with Crippen molar-refractivity contribution < 1.29 is 9.59 Å². The van der Waals surface area contributed by atoms with Gasteiger partial charge in [0.1, 0.15) is 0 Å². The second kappa shape index (κ2) is 6.41. The van der Waals surface area contributed by atoms with Crippen molar-refractivity contribution in [1.82, 2.24) is 0 Å². The molecule has 0 aliphatic heterocycles.